The van der Waals surface area contributed by atoms with E-state index in [1.165, 1.54) is 5.56 Å². The fourth-order valence-corrected chi connectivity index (χ4v) is 1.73. The highest BCUT2D eigenvalue weighted by molar-refractivity contribution is 5.28. The fourth-order valence-electron chi connectivity index (χ4n) is 1.73. The maximum Gasteiger partial charge on any atom is 0.119 e. The molecule has 0 saturated carbocycles. The molecule has 0 saturated heterocycles. The number of rotatable bonds is 7. The summed E-state index contributed by atoms with van der Waals surface area (Å²) in [5.74, 6) is 0.930. The molecule has 0 aromatic heterocycles. The number of hydrogen-bond donors (Lipinski definition) is 1. The monoisotopic (exact) mass is 222 g/mol. The van der Waals surface area contributed by atoms with Crippen LogP contribution >= 0.6 is 0 Å². The summed E-state index contributed by atoms with van der Waals surface area (Å²) in [6.07, 6.45) is 1.05. The van der Waals surface area contributed by atoms with Crippen LogP contribution in [0.4, 0.5) is 0 Å². The van der Waals surface area contributed by atoms with E-state index < -0.39 is 0 Å². The van der Waals surface area contributed by atoms with Crippen LogP contribution in [0.15, 0.2) is 24.3 Å². The lowest BCUT2D eigenvalue weighted by atomic mass is 10.1. The lowest BCUT2D eigenvalue weighted by molar-refractivity contribution is 0.300. The van der Waals surface area contributed by atoms with Gasteiger partial charge in [0, 0.05) is 19.6 Å². The molecule has 0 unspecified atom stereocenters. The third-order valence-corrected chi connectivity index (χ3v) is 2.74. The zero-order valence-corrected chi connectivity index (χ0v) is 10.3. The Kier molecular flexibility index (Phi) is 5.90. The number of benzene rings is 1. The Bertz CT molecular complexity index is 302. The molecule has 0 atom stereocenters. The van der Waals surface area contributed by atoms with Crippen LogP contribution in [0.1, 0.15) is 12.5 Å². The molecular formula is C13H22N2O. The third kappa shape index (κ3) is 4.21. The first-order valence-electron chi connectivity index (χ1n) is 5.85. The summed E-state index contributed by atoms with van der Waals surface area (Å²) in [6, 6.07) is 8.24. The molecule has 0 fully saturated rings. The van der Waals surface area contributed by atoms with E-state index in [0.29, 0.717) is 0 Å². The van der Waals surface area contributed by atoms with Gasteiger partial charge in [0.15, 0.2) is 0 Å². The van der Waals surface area contributed by atoms with E-state index in [9.17, 15) is 0 Å². The molecule has 3 heteroatoms. The van der Waals surface area contributed by atoms with Crippen LogP contribution in [0.3, 0.4) is 0 Å². The summed E-state index contributed by atoms with van der Waals surface area (Å²) in [6.45, 7) is 5.98. The van der Waals surface area contributed by atoms with Crippen LogP contribution in [0.5, 0.6) is 5.75 Å². The van der Waals surface area contributed by atoms with Gasteiger partial charge in [0.05, 0.1) is 7.11 Å². The number of likely N-dealkylation sites (N-methyl/N-ethyl adjacent to an activating group) is 1. The van der Waals surface area contributed by atoms with Crippen LogP contribution < -0.4 is 10.5 Å². The average molecular weight is 222 g/mol. The molecule has 90 valence electrons. The van der Waals surface area contributed by atoms with Crippen molar-refractivity contribution in [1.29, 1.82) is 0 Å². The molecule has 1 aromatic rings. The topological polar surface area (TPSA) is 38.5 Å². The quantitative estimate of drug-likeness (QED) is 0.760. The standard InChI is InChI=1S/C13H22N2O/c1-3-15(10-8-14)9-7-12-5-4-6-13(11-12)16-2/h4-6,11H,3,7-10,14H2,1-2H3. The molecule has 0 spiro atoms. The Labute approximate surface area is 98.2 Å². The van der Waals surface area contributed by atoms with Crippen molar-refractivity contribution < 1.29 is 4.74 Å². The highest BCUT2D eigenvalue weighted by Crippen LogP contribution is 2.13. The SMILES string of the molecule is CCN(CCN)CCc1cccc(OC)c1. The van der Waals surface area contributed by atoms with Gasteiger partial charge < -0.3 is 15.4 Å². The van der Waals surface area contributed by atoms with Crippen LogP contribution in [-0.4, -0.2) is 38.2 Å². The summed E-state index contributed by atoms with van der Waals surface area (Å²) in [5, 5.41) is 0. The molecule has 0 aliphatic rings. The molecule has 0 aliphatic heterocycles. The van der Waals surface area contributed by atoms with Crippen molar-refractivity contribution in [1.82, 2.24) is 4.90 Å². The number of ether oxygens (including phenoxy) is 1. The Morgan fingerprint density at radius 3 is 2.75 bits per heavy atom. The maximum atomic E-state index is 5.56. The van der Waals surface area contributed by atoms with Crippen molar-refractivity contribution in [3.63, 3.8) is 0 Å². The Morgan fingerprint density at radius 1 is 1.31 bits per heavy atom. The molecule has 0 aliphatic carbocycles. The average Bonchev–Trinajstić information content (AvgIpc) is 2.34. The van der Waals surface area contributed by atoms with Gasteiger partial charge in [-0.2, -0.15) is 0 Å². The molecule has 0 bridgehead atoms. The van der Waals surface area contributed by atoms with Crippen LogP contribution in [0, 0.1) is 0 Å². The van der Waals surface area contributed by atoms with E-state index in [1.54, 1.807) is 7.11 Å². The van der Waals surface area contributed by atoms with Crippen molar-refractivity contribution in [3.05, 3.63) is 29.8 Å². The summed E-state index contributed by atoms with van der Waals surface area (Å²) in [7, 11) is 1.70. The first-order chi connectivity index (χ1) is 7.80. The molecule has 16 heavy (non-hydrogen) atoms. The number of hydrogen-bond acceptors (Lipinski definition) is 3. The molecule has 3 nitrogen and oxygen atoms in total. The Morgan fingerprint density at radius 2 is 2.12 bits per heavy atom. The van der Waals surface area contributed by atoms with Gasteiger partial charge in [0.1, 0.15) is 5.75 Å². The van der Waals surface area contributed by atoms with E-state index in [1.807, 2.05) is 12.1 Å². The van der Waals surface area contributed by atoms with Gasteiger partial charge in [-0.05, 0) is 30.7 Å². The minimum Gasteiger partial charge on any atom is -0.497 e. The molecule has 0 heterocycles. The second-order valence-electron chi connectivity index (χ2n) is 3.82. The summed E-state index contributed by atoms with van der Waals surface area (Å²) >= 11 is 0. The van der Waals surface area contributed by atoms with Crippen molar-refractivity contribution in [3.8, 4) is 5.75 Å². The predicted octanol–water partition coefficient (Wildman–Crippen LogP) is 1.52. The van der Waals surface area contributed by atoms with Gasteiger partial charge in [0.25, 0.3) is 0 Å². The maximum absolute atomic E-state index is 5.56. The summed E-state index contributed by atoms with van der Waals surface area (Å²) in [4.78, 5) is 2.36. The normalized spacial score (nSPS) is 10.8. The van der Waals surface area contributed by atoms with E-state index >= 15 is 0 Å². The van der Waals surface area contributed by atoms with Crippen LogP contribution in [-0.2, 0) is 6.42 Å². The highest BCUT2D eigenvalue weighted by Gasteiger charge is 2.02. The molecule has 1 aromatic carbocycles. The van der Waals surface area contributed by atoms with Crippen molar-refractivity contribution >= 4 is 0 Å². The van der Waals surface area contributed by atoms with Gasteiger partial charge in [0.2, 0.25) is 0 Å². The van der Waals surface area contributed by atoms with Gasteiger partial charge in [-0.3, -0.25) is 0 Å². The molecular weight excluding hydrogens is 200 g/mol. The third-order valence-electron chi connectivity index (χ3n) is 2.74. The van der Waals surface area contributed by atoms with Gasteiger partial charge in [-0.25, -0.2) is 0 Å². The molecule has 0 amide bonds. The first-order valence-corrected chi connectivity index (χ1v) is 5.85. The Balaban J connectivity index is 2.46. The van der Waals surface area contributed by atoms with Gasteiger partial charge in [-0.15, -0.1) is 0 Å². The van der Waals surface area contributed by atoms with E-state index in [0.717, 1.165) is 38.3 Å². The predicted molar refractivity (Wildman–Crippen MR) is 67.9 cm³/mol. The summed E-state index contributed by atoms with van der Waals surface area (Å²) in [5.41, 5.74) is 6.87. The number of nitrogens with zero attached hydrogens (tertiary/aromatic N) is 1. The minimum atomic E-state index is 0.728. The number of nitrogens with two attached hydrogens (primary N) is 1. The largest absolute Gasteiger partial charge is 0.497 e. The molecule has 2 N–H and O–H groups in total. The minimum absolute atomic E-state index is 0.728. The second-order valence-corrected chi connectivity index (χ2v) is 3.82. The smallest absolute Gasteiger partial charge is 0.119 e. The van der Waals surface area contributed by atoms with E-state index in [-0.39, 0.29) is 0 Å². The van der Waals surface area contributed by atoms with Gasteiger partial charge in [-0.1, -0.05) is 19.1 Å². The zero-order chi connectivity index (χ0) is 11.8. The van der Waals surface area contributed by atoms with E-state index in [4.69, 9.17) is 10.5 Å². The number of methoxy groups -OCH3 is 1. The van der Waals surface area contributed by atoms with Crippen LogP contribution in [0.2, 0.25) is 0 Å². The Hall–Kier alpha value is -1.06. The van der Waals surface area contributed by atoms with Crippen molar-refractivity contribution in [2.75, 3.05) is 33.3 Å². The van der Waals surface area contributed by atoms with Gasteiger partial charge >= 0.3 is 0 Å². The molecule has 1 rings (SSSR count). The van der Waals surface area contributed by atoms with Crippen LogP contribution in [0.25, 0.3) is 0 Å². The van der Waals surface area contributed by atoms with E-state index in [2.05, 4.69) is 24.0 Å². The summed E-state index contributed by atoms with van der Waals surface area (Å²) < 4.78 is 5.20. The second kappa shape index (κ2) is 7.25. The zero-order valence-electron chi connectivity index (χ0n) is 10.3. The fraction of sp³-hybridized carbons (Fsp3) is 0.538. The van der Waals surface area contributed by atoms with Crippen molar-refractivity contribution in [2.24, 2.45) is 5.73 Å². The first kappa shape index (κ1) is 13.0. The van der Waals surface area contributed by atoms with Crippen molar-refractivity contribution in [2.45, 2.75) is 13.3 Å². The molecule has 0 radical (unpaired) electrons. The lowest BCUT2D eigenvalue weighted by Gasteiger charge is -2.19. The lowest BCUT2D eigenvalue weighted by Crippen LogP contribution is -2.31. The highest BCUT2D eigenvalue weighted by atomic mass is 16.5.